The predicted molar refractivity (Wildman–Crippen MR) is 128 cm³/mol. The van der Waals surface area contributed by atoms with E-state index in [1.165, 1.54) is 0 Å². The molecule has 0 radical (unpaired) electrons. The maximum Gasteiger partial charge on any atom is 0.242 e. The van der Waals surface area contributed by atoms with Gasteiger partial charge in [0.15, 0.2) is 0 Å². The monoisotopic (exact) mass is 442 g/mol. The van der Waals surface area contributed by atoms with Crippen LogP contribution in [0.5, 0.6) is 5.75 Å². The van der Waals surface area contributed by atoms with Crippen LogP contribution in [0.4, 0.5) is 0 Å². The fourth-order valence-corrected chi connectivity index (χ4v) is 4.14. The summed E-state index contributed by atoms with van der Waals surface area (Å²) in [6.45, 7) is 5.13. The van der Waals surface area contributed by atoms with Gasteiger partial charge in [-0.15, -0.1) is 11.8 Å². The molecule has 2 aromatic rings. The van der Waals surface area contributed by atoms with Crippen LogP contribution in [-0.4, -0.2) is 42.2 Å². The Morgan fingerprint density at radius 3 is 2.35 bits per heavy atom. The van der Waals surface area contributed by atoms with Gasteiger partial charge in [-0.3, -0.25) is 9.59 Å². The molecule has 0 aliphatic heterocycles. The van der Waals surface area contributed by atoms with Gasteiger partial charge >= 0.3 is 0 Å². The average Bonchev–Trinajstić information content (AvgIpc) is 2.80. The maximum atomic E-state index is 13.2. The van der Waals surface area contributed by atoms with Gasteiger partial charge in [0.05, 0.1) is 12.9 Å². The quantitative estimate of drug-likeness (QED) is 0.459. The molecule has 6 heteroatoms. The van der Waals surface area contributed by atoms with E-state index in [4.69, 9.17) is 4.74 Å². The van der Waals surface area contributed by atoms with Gasteiger partial charge in [0.2, 0.25) is 11.8 Å². The lowest BCUT2D eigenvalue weighted by molar-refractivity contribution is -0.139. The molecule has 2 amide bonds. The lowest BCUT2D eigenvalue weighted by Gasteiger charge is -2.30. The van der Waals surface area contributed by atoms with E-state index in [0.717, 1.165) is 35.5 Å². The zero-order valence-electron chi connectivity index (χ0n) is 18.8. The minimum Gasteiger partial charge on any atom is -0.497 e. The Bertz CT molecular complexity index is 796. The molecule has 1 atom stereocenters. The van der Waals surface area contributed by atoms with E-state index >= 15 is 0 Å². The molecule has 0 fully saturated rings. The van der Waals surface area contributed by atoms with Crippen molar-refractivity contribution in [3.8, 4) is 5.75 Å². The van der Waals surface area contributed by atoms with Gasteiger partial charge in [-0.1, -0.05) is 62.7 Å². The van der Waals surface area contributed by atoms with E-state index in [2.05, 4.69) is 12.2 Å². The van der Waals surface area contributed by atoms with Gasteiger partial charge in [0.25, 0.3) is 0 Å². The molecule has 0 saturated heterocycles. The van der Waals surface area contributed by atoms with Crippen molar-refractivity contribution in [3.05, 3.63) is 65.7 Å². The summed E-state index contributed by atoms with van der Waals surface area (Å²) >= 11 is 1.56. The molecule has 168 valence electrons. The van der Waals surface area contributed by atoms with Gasteiger partial charge < -0.3 is 15.0 Å². The Kier molecular flexibility index (Phi) is 11.0. The van der Waals surface area contributed by atoms with Crippen LogP contribution in [-0.2, 0) is 21.9 Å². The molecule has 0 aliphatic rings. The average molecular weight is 443 g/mol. The van der Waals surface area contributed by atoms with Crippen molar-refractivity contribution < 1.29 is 14.3 Å². The van der Waals surface area contributed by atoms with E-state index in [9.17, 15) is 9.59 Å². The second-order valence-electron chi connectivity index (χ2n) is 7.42. The Morgan fingerprint density at radius 2 is 1.74 bits per heavy atom. The normalized spacial score (nSPS) is 11.6. The molecule has 0 saturated carbocycles. The summed E-state index contributed by atoms with van der Waals surface area (Å²) in [5, 5.41) is 3.00. The summed E-state index contributed by atoms with van der Waals surface area (Å²) in [5.41, 5.74) is 2.16. The van der Waals surface area contributed by atoms with Crippen molar-refractivity contribution in [2.24, 2.45) is 0 Å². The molecular weight excluding hydrogens is 408 g/mol. The summed E-state index contributed by atoms with van der Waals surface area (Å²) in [5.74, 6) is 1.80. The van der Waals surface area contributed by atoms with Crippen molar-refractivity contribution in [1.29, 1.82) is 0 Å². The second-order valence-corrected chi connectivity index (χ2v) is 8.40. The summed E-state index contributed by atoms with van der Waals surface area (Å²) in [6.07, 6.45) is 2.54. The Morgan fingerprint density at radius 1 is 1.03 bits per heavy atom. The first-order chi connectivity index (χ1) is 15.1. The first kappa shape index (κ1) is 24.8. The van der Waals surface area contributed by atoms with Crippen LogP contribution in [0.25, 0.3) is 0 Å². The molecule has 5 nitrogen and oxygen atoms in total. The number of methoxy groups -OCH3 is 1. The fraction of sp³-hybridized carbons (Fsp3) is 0.440. The molecule has 0 heterocycles. The van der Waals surface area contributed by atoms with Crippen molar-refractivity contribution in [2.45, 2.75) is 51.4 Å². The van der Waals surface area contributed by atoms with Gasteiger partial charge in [-0.2, -0.15) is 0 Å². The molecule has 2 aromatic carbocycles. The molecule has 0 aliphatic carbocycles. The number of ether oxygens (including phenoxy) is 1. The number of nitrogens with zero attached hydrogens (tertiary/aromatic N) is 1. The number of amides is 2. The molecular formula is C25H34N2O3S. The van der Waals surface area contributed by atoms with Crippen LogP contribution >= 0.6 is 11.8 Å². The number of carbonyl (C=O) groups excluding carboxylic acids is 2. The van der Waals surface area contributed by atoms with E-state index in [1.54, 1.807) is 23.8 Å². The molecule has 1 N–H and O–H groups in total. The molecule has 2 rings (SSSR count). The van der Waals surface area contributed by atoms with Gasteiger partial charge in [-0.25, -0.2) is 0 Å². The van der Waals surface area contributed by atoms with Crippen LogP contribution in [0, 0.1) is 0 Å². The van der Waals surface area contributed by atoms with E-state index in [1.807, 2.05) is 61.5 Å². The Balaban J connectivity index is 2.04. The third-order valence-corrected chi connectivity index (χ3v) is 6.05. The summed E-state index contributed by atoms with van der Waals surface area (Å²) in [6, 6.07) is 17.2. The highest BCUT2D eigenvalue weighted by Crippen LogP contribution is 2.19. The van der Waals surface area contributed by atoms with E-state index < -0.39 is 6.04 Å². The van der Waals surface area contributed by atoms with E-state index in [0.29, 0.717) is 25.3 Å². The zero-order chi connectivity index (χ0) is 22.5. The molecule has 0 spiro atoms. The number of nitrogens with one attached hydrogen (secondary N) is 1. The standard InChI is InChI=1S/C25H34N2O3S/c1-4-6-16-26-25(29)23(5-2)27(17-20-10-8-7-9-11-20)24(28)19-31-18-21-12-14-22(30-3)15-13-21/h7-15,23H,4-6,16-19H2,1-3H3,(H,26,29)/t23-/m0/s1. The van der Waals surface area contributed by atoms with Crippen molar-refractivity contribution in [3.63, 3.8) is 0 Å². The number of benzene rings is 2. The van der Waals surface area contributed by atoms with Crippen LogP contribution in [0.15, 0.2) is 54.6 Å². The highest BCUT2D eigenvalue weighted by Gasteiger charge is 2.28. The maximum absolute atomic E-state index is 13.2. The number of carbonyl (C=O) groups is 2. The molecule has 0 aromatic heterocycles. The fourth-order valence-electron chi connectivity index (χ4n) is 3.27. The van der Waals surface area contributed by atoms with Gasteiger partial charge in [0, 0.05) is 18.8 Å². The lowest BCUT2D eigenvalue weighted by Crippen LogP contribution is -2.49. The second kappa shape index (κ2) is 13.8. The number of unbranched alkanes of at least 4 members (excludes halogenated alkanes) is 1. The summed E-state index contributed by atoms with van der Waals surface area (Å²) < 4.78 is 5.19. The highest BCUT2D eigenvalue weighted by atomic mass is 32.2. The first-order valence-corrected chi connectivity index (χ1v) is 12.1. The number of rotatable bonds is 13. The van der Waals surface area contributed by atoms with Crippen molar-refractivity contribution >= 4 is 23.6 Å². The number of hydrogen-bond acceptors (Lipinski definition) is 4. The largest absolute Gasteiger partial charge is 0.497 e. The molecule has 0 bridgehead atoms. The third-order valence-electron chi connectivity index (χ3n) is 5.06. The summed E-state index contributed by atoms with van der Waals surface area (Å²) in [7, 11) is 1.65. The predicted octanol–water partition coefficient (Wildman–Crippen LogP) is 4.65. The van der Waals surface area contributed by atoms with Gasteiger partial charge in [-0.05, 0) is 36.1 Å². The highest BCUT2D eigenvalue weighted by molar-refractivity contribution is 7.99. The van der Waals surface area contributed by atoms with Crippen molar-refractivity contribution in [1.82, 2.24) is 10.2 Å². The third kappa shape index (κ3) is 8.29. The SMILES string of the molecule is CCCCNC(=O)[C@H](CC)N(Cc1ccccc1)C(=O)CSCc1ccc(OC)cc1. The van der Waals surface area contributed by atoms with Crippen LogP contribution in [0.3, 0.4) is 0 Å². The Hall–Kier alpha value is -2.47. The summed E-state index contributed by atoms with van der Waals surface area (Å²) in [4.78, 5) is 27.7. The number of thioether (sulfide) groups is 1. The minimum atomic E-state index is -0.467. The zero-order valence-corrected chi connectivity index (χ0v) is 19.6. The van der Waals surface area contributed by atoms with Crippen molar-refractivity contribution in [2.75, 3.05) is 19.4 Å². The van der Waals surface area contributed by atoms with Crippen LogP contribution in [0.2, 0.25) is 0 Å². The molecule has 31 heavy (non-hydrogen) atoms. The minimum absolute atomic E-state index is 0.0140. The lowest BCUT2D eigenvalue weighted by atomic mass is 10.1. The van der Waals surface area contributed by atoms with E-state index in [-0.39, 0.29) is 11.8 Å². The van der Waals surface area contributed by atoms with Gasteiger partial charge in [0.1, 0.15) is 11.8 Å². The molecule has 0 unspecified atom stereocenters. The van der Waals surface area contributed by atoms with Crippen LogP contribution < -0.4 is 10.1 Å². The topological polar surface area (TPSA) is 58.6 Å². The Labute approximate surface area is 190 Å². The van der Waals surface area contributed by atoms with Crippen LogP contribution in [0.1, 0.15) is 44.2 Å². The first-order valence-electron chi connectivity index (χ1n) is 10.9. The number of hydrogen-bond donors (Lipinski definition) is 1. The smallest absolute Gasteiger partial charge is 0.242 e.